The number of para-hydroxylation sites is 1. The maximum Gasteiger partial charge on any atom is 0.271 e. The van der Waals surface area contributed by atoms with Crippen molar-refractivity contribution in [3.8, 4) is 11.4 Å². The monoisotopic (exact) mass is 372 g/mol. The molecule has 1 amide bonds. The van der Waals surface area contributed by atoms with Crippen LogP contribution in [0.3, 0.4) is 0 Å². The molecule has 2 aromatic carbocycles. The normalized spacial score (nSPS) is 10.8. The molecule has 140 valence electrons. The number of aromatic nitrogens is 4. The number of hydrogen-bond donors (Lipinski definition) is 3. The third-order valence-electron chi connectivity index (χ3n) is 4.23. The first kappa shape index (κ1) is 17.7. The first-order chi connectivity index (χ1) is 13.7. The Morgan fingerprint density at radius 1 is 1.04 bits per heavy atom. The summed E-state index contributed by atoms with van der Waals surface area (Å²) in [5.41, 5.74) is 2.09. The molecule has 3 N–H and O–H groups in total. The molecule has 0 saturated carbocycles. The number of carbonyl (C=O) groups excluding carboxylic acids is 1. The van der Waals surface area contributed by atoms with Crippen molar-refractivity contribution in [2.24, 2.45) is 0 Å². The number of aromatic amines is 1. The highest BCUT2D eigenvalue weighted by atomic mass is 16.1. The van der Waals surface area contributed by atoms with Crippen LogP contribution < -0.4 is 10.6 Å². The third-order valence-corrected chi connectivity index (χ3v) is 4.23. The third kappa shape index (κ3) is 3.68. The summed E-state index contributed by atoms with van der Waals surface area (Å²) in [5, 5.41) is 13.9. The fraction of sp³-hybridized carbons (Fsp3) is 0.143. The second-order valence-corrected chi connectivity index (χ2v) is 6.33. The quantitative estimate of drug-likeness (QED) is 0.477. The zero-order valence-electron chi connectivity index (χ0n) is 15.4. The summed E-state index contributed by atoms with van der Waals surface area (Å²) < 4.78 is 0. The van der Waals surface area contributed by atoms with Gasteiger partial charge in [0.1, 0.15) is 11.6 Å². The van der Waals surface area contributed by atoms with Crippen molar-refractivity contribution in [1.29, 1.82) is 0 Å². The molecule has 0 fully saturated rings. The second kappa shape index (κ2) is 7.87. The summed E-state index contributed by atoms with van der Waals surface area (Å²) in [7, 11) is 0. The zero-order chi connectivity index (χ0) is 19.3. The number of nitrogens with one attached hydrogen (secondary N) is 3. The van der Waals surface area contributed by atoms with Gasteiger partial charge in [-0.3, -0.25) is 9.89 Å². The summed E-state index contributed by atoms with van der Waals surface area (Å²) in [6.45, 7) is 2.62. The van der Waals surface area contributed by atoms with Gasteiger partial charge in [-0.2, -0.15) is 5.10 Å². The molecular weight excluding hydrogens is 352 g/mol. The molecule has 7 nitrogen and oxygen atoms in total. The van der Waals surface area contributed by atoms with Gasteiger partial charge in [0.05, 0.1) is 5.52 Å². The van der Waals surface area contributed by atoms with E-state index in [0.29, 0.717) is 29.7 Å². The summed E-state index contributed by atoms with van der Waals surface area (Å²) >= 11 is 0. The topological polar surface area (TPSA) is 95.6 Å². The predicted molar refractivity (Wildman–Crippen MR) is 109 cm³/mol. The second-order valence-electron chi connectivity index (χ2n) is 6.33. The predicted octanol–water partition coefficient (Wildman–Crippen LogP) is 3.90. The zero-order valence-corrected chi connectivity index (χ0v) is 15.4. The van der Waals surface area contributed by atoms with E-state index in [-0.39, 0.29) is 5.91 Å². The number of benzene rings is 2. The number of anilines is 2. The van der Waals surface area contributed by atoms with Crippen molar-refractivity contribution >= 4 is 28.4 Å². The lowest BCUT2D eigenvalue weighted by atomic mass is 10.2. The summed E-state index contributed by atoms with van der Waals surface area (Å²) in [6.07, 6.45) is 0.871. The van der Waals surface area contributed by atoms with Gasteiger partial charge in [0.15, 0.2) is 11.5 Å². The van der Waals surface area contributed by atoms with E-state index in [2.05, 4.69) is 25.8 Å². The van der Waals surface area contributed by atoms with Crippen LogP contribution in [0.4, 0.5) is 11.6 Å². The highest BCUT2D eigenvalue weighted by Crippen LogP contribution is 2.26. The van der Waals surface area contributed by atoms with Crippen LogP contribution in [0.1, 0.15) is 23.8 Å². The number of fused-ring (bicyclic) bond motifs is 1. The Morgan fingerprint density at radius 3 is 2.64 bits per heavy atom. The molecule has 0 unspecified atom stereocenters. The average Bonchev–Trinajstić information content (AvgIpc) is 3.21. The van der Waals surface area contributed by atoms with Crippen LogP contribution in [0.15, 0.2) is 60.7 Å². The number of nitrogens with zero attached hydrogens (tertiary/aromatic N) is 3. The lowest BCUT2D eigenvalue weighted by Gasteiger charge is -2.09. The van der Waals surface area contributed by atoms with Crippen LogP contribution in [0.5, 0.6) is 0 Å². The molecule has 7 heteroatoms. The van der Waals surface area contributed by atoms with E-state index in [1.165, 1.54) is 0 Å². The Balaban J connectivity index is 1.68. The van der Waals surface area contributed by atoms with E-state index in [1.54, 1.807) is 6.07 Å². The van der Waals surface area contributed by atoms with E-state index in [9.17, 15) is 4.79 Å². The molecule has 0 radical (unpaired) electrons. The van der Waals surface area contributed by atoms with Gasteiger partial charge in [-0.05, 0) is 18.6 Å². The molecule has 28 heavy (non-hydrogen) atoms. The van der Waals surface area contributed by atoms with Gasteiger partial charge < -0.3 is 10.6 Å². The van der Waals surface area contributed by atoms with Crippen molar-refractivity contribution in [2.45, 2.75) is 13.3 Å². The van der Waals surface area contributed by atoms with E-state index < -0.39 is 0 Å². The standard InChI is InChI=1S/C21H20N6O/c1-2-12-22-21(28)17-13-18(27-26-17)24-20-15-10-6-7-11-16(15)23-19(25-20)14-8-4-3-5-9-14/h3-11,13H,2,12H2,1H3,(H,22,28)(H2,23,24,25,26,27). The van der Waals surface area contributed by atoms with Crippen molar-refractivity contribution in [3.05, 3.63) is 66.4 Å². The van der Waals surface area contributed by atoms with Gasteiger partial charge in [0.25, 0.3) is 5.91 Å². The average molecular weight is 372 g/mol. The molecule has 4 rings (SSSR count). The Kier molecular flexibility index (Phi) is 4.97. The molecule has 4 aromatic rings. The molecule has 0 aliphatic carbocycles. The van der Waals surface area contributed by atoms with Crippen molar-refractivity contribution < 1.29 is 4.79 Å². The fourth-order valence-corrected chi connectivity index (χ4v) is 2.85. The number of carbonyl (C=O) groups is 1. The molecule has 0 atom stereocenters. The first-order valence-corrected chi connectivity index (χ1v) is 9.17. The van der Waals surface area contributed by atoms with Gasteiger partial charge in [0.2, 0.25) is 0 Å². The van der Waals surface area contributed by atoms with Crippen molar-refractivity contribution in [3.63, 3.8) is 0 Å². The Morgan fingerprint density at radius 2 is 1.82 bits per heavy atom. The molecule has 0 bridgehead atoms. The van der Waals surface area contributed by atoms with Crippen LogP contribution >= 0.6 is 0 Å². The maximum absolute atomic E-state index is 12.1. The van der Waals surface area contributed by atoms with Gasteiger partial charge in [-0.1, -0.05) is 49.4 Å². The fourth-order valence-electron chi connectivity index (χ4n) is 2.85. The molecule has 0 aliphatic heterocycles. The van der Waals surface area contributed by atoms with E-state index in [0.717, 1.165) is 22.9 Å². The summed E-state index contributed by atoms with van der Waals surface area (Å²) in [6, 6.07) is 19.3. The number of amides is 1. The molecular formula is C21H20N6O. The van der Waals surface area contributed by atoms with Crippen molar-refractivity contribution in [2.75, 3.05) is 11.9 Å². The number of hydrogen-bond acceptors (Lipinski definition) is 5. The highest BCUT2D eigenvalue weighted by Gasteiger charge is 2.13. The number of rotatable bonds is 6. The molecule has 2 heterocycles. The Labute approximate surface area is 162 Å². The van der Waals surface area contributed by atoms with Crippen LogP contribution in [-0.2, 0) is 0 Å². The van der Waals surface area contributed by atoms with Crippen molar-refractivity contribution in [1.82, 2.24) is 25.5 Å². The van der Waals surface area contributed by atoms with E-state index in [4.69, 9.17) is 4.98 Å². The first-order valence-electron chi connectivity index (χ1n) is 9.17. The number of H-pyrrole nitrogens is 1. The largest absolute Gasteiger partial charge is 0.351 e. The van der Waals surface area contributed by atoms with Gasteiger partial charge >= 0.3 is 0 Å². The maximum atomic E-state index is 12.1. The minimum atomic E-state index is -0.205. The minimum absolute atomic E-state index is 0.205. The van der Waals surface area contributed by atoms with Crippen LogP contribution in [-0.4, -0.2) is 32.6 Å². The van der Waals surface area contributed by atoms with E-state index in [1.807, 2.05) is 61.5 Å². The molecule has 0 aliphatic rings. The van der Waals surface area contributed by atoms with Crippen LogP contribution in [0.2, 0.25) is 0 Å². The SMILES string of the molecule is CCCNC(=O)c1cc(Nc2nc(-c3ccccc3)nc3ccccc23)[nH]n1. The summed E-state index contributed by atoms with van der Waals surface area (Å²) in [5.74, 6) is 1.66. The Bertz CT molecular complexity index is 1110. The molecule has 0 spiro atoms. The van der Waals surface area contributed by atoms with Gasteiger partial charge in [0, 0.05) is 23.6 Å². The lowest BCUT2D eigenvalue weighted by molar-refractivity contribution is 0.0948. The van der Waals surface area contributed by atoms with Gasteiger partial charge in [-0.25, -0.2) is 9.97 Å². The Hall–Kier alpha value is -3.74. The minimum Gasteiger partial charge on any atom is -0.351 e. The summed E-state index contributed by atoms with van der Waals surface area (Å²) in [4.78, 5) is 21.4. The lowest BCUT2D eigenvalue weighted by Crippen LogP contribution is -2.24. The van der Waals surface area contributed by atoms with Gasteiger partial charge in [-0.15, -0.1) is 0 Å². The highest BCUT2D eigenvalue weighted by molar-refractivity contribution is 5.94. The molecule has 2 aromatic heterocycles. The molecule has 0 saturated heterocycles. The van der Waals surface area contributed by atoms with Crippen LogP contribution in [0, 0.1) is 0 Å². The van der Waals surface area contributed by atoms with Crippen LogP contribution in [0.25, 0.3) is 22.3 Å². The smallest absolute Gasteiger partial charge is 0.271 e. The van der Waals surface area contributed by atoms with E-state index >= 15 is 0 Å².